The van der Waals surface area contributed by atoms with E-state index in [2.05, 4.69) is 10.6 Å². The van der Waals surface area contributed by atoms with Crippen LogP contribution in [0.5, 0.6) is 0 Å². The van der Waals surface area contributed by atoms with Crippen molar-refractivity contribution in [2.45, 2.75) is 19.1 Å². The molecule has 2 rings (SSSR count). The van der Waals surface area contributed by atoms with E-state index >= 15 is 0 Å². The van der Waals surface area contributed by atoms with Crippen molar-refractivity contribution in [2.75, 3.05) is 6.54 Å². The molecule has 2 atom stereocenters. The van der Waals surface area contributed by atoms with E-state index in [1.165, 1.54) is 18.2 Å². The number of aliphatic hydroxyl groups is 1. The molecule has 0 saturated heterocycles. The minimum absolute atomic E-state index is 0.0107. The Balaban J connectivity index is 1.82. The molecule has 0 bridgehead atoms. The fourth-order valence-electron chi connectivity index (χ4n) is 2.09. The molecule has 2 aromatic carbocycles. The summed E-state index contributed by atoms with van der Waals surface area (Å²) in [6.07, 6.45) is -0.950. The largest absolute Gasteiger partial charge is 0.387 e. The number of nitrogens with one attached hydrogen (secondary N) is 2. The van der Waals surface area contributed by atoms with E-state index in [1.807, 2.05) is 37.3 Å². The van der Waals surface area contributed by atoms with E-state index in [4.69, 9.17) is 0 Å². The number of carbonyl (C=O) groups excluding carboxylic acids is 1. The van der Waals surface area contributed by atoms with Gasteiger partial charge in [-0.25, -0.2) is 9.18 Å². The highest BCUT2D eigenvalue weighted by atomic mass is 19.1. The number of benzene rings is 2. The molecule has 22 heavy (non-hydrogen) atoms. The normalized spacial score (nSPS) is 13.2. The first-order valence-corrected chi connectivity index (χ1v) is 7.09. The van der Waals surface area contributed by atoms with E-state index in [9.17, 15) is 14.3 Å². The smallest absolute Gasteiger partial charge is 0.315 e. The molecule has 2 aromatic rings. The first-order chi connectivity index (χ1) is 10.6. The van der Waals surface area contributed by atoms with Gasteiger partial charge in [-0.3, -0.25) is 0 Å². The van der Waals surface area contributed by atoms with Crippen molar-refractivity contribution in [1.29, 1.82) is 0 Å². The summed E-state index contributed by atoms with van der Waals surface area (Å²) in [5.74, 6) is -0.418. The van der Waals surface area contributed by atoms with Crippen LogP contribution in [0.15, 0.2) is 54.6 Å². The highest BCUT2D eigenvalue weighted by molar-refractivity contribution is 5.74. The summed E-state index contributed by atoms with van der Waals surface area (Å²) in [5.41, 5.74) is 1.42. The molecular weight excluding hydrogens is 283 g/mol. The van der Waals surface area contributed by atoms with Crippen LogP contribution in [0.2, 0.25) is 0 Å². The number of carbonyl (C=O) groups is 1. The average molecular weight is 302 g/mol. The fourth-order valence-corrected chi connectivity index (χ4v) is 2.09. The maximum absolute atomic E-state index is 13.1. The first kappa shape index (κ1) is 16.0. The third kappa shape index (κ3) is 4.56. The minimum atomic E-state index is -0.950. The molecule has 0 aliphatic rings. The van der Waals surface area contributed by atoms with Crippen LogP contribution in [0.25, 0.3) is 0 Å². The quantitative estimate of drug-likeness (QED) is 0.795. The first-order valence-electron chi connectivity index (χ1n) is 7.09. The fraction of sp³-hybridized carbons (Fsp3) is 0.235. The van der Waals surface area contributed by atoms with E-state index in [0.717, 1.165) is 5.56 Å². The molecule has 5 heteroatoms. The standard InChI is InChI=1S/C17H19FN2O2/c1-12(13-6-3-2-4-7-13)20-17(22)19-11-16(21)14-8-5-9-15(18)10-14/h2-10,12,16,21H,11H2,1H3,(H2,19,20,22). The van der Waals surface area contributed by atoms with Crippen LogP contribution in [0.1, 0.15) is 30.2 Å². The number of halogens is 1. The van der Waals surface area contributed by atoms with Crippen molar-refractivity contribution in [3.8, 4) is 0 Å². The van der Waals surface area contributed by atoms with Gasteiger partial charge in [-0.1, -0.05) is 42.5 Å². The number of urea groups is 1. The van der Waals surface area contributed by atoms with Crippen LogP contribution in [0, 0.1) is 5.82 Å². The topological polar surface area (TPSA) is 61.4 Å². The SMILES string of the molecule is CC(NC(=O)NCC(O)c1cccc(F)c1)c1ccccc1. The summed E-state index contributed by atoms with van der Waals surface area (Å²) in [7, 11) is 0. The molecule has 0 spiro atoms. The van der Waals surface area contributed by atoms with Crippen LogP contribution in [-0.4, -0.2) is 17.7 Å². The van der Waals surface area contributed by atoms with Crippen molar-refractivity contribution in [3.63, 3.8) is 0 Å². The predicted molar refractivity (Wildman–Crippen MR) is 82.8 cm³/mol. The second kappa shape index (κ2) is 7.56. The molecular formula is C17H19FN2O2. The van der Waals surface area contributed by atoms with Gasteiger partial charge in [-0.15, -0.1) is 0 Å². The number of hydrogen-bond donors (Lipinski definition) is 3. The third-order valence-corrected chi connectivity index (χ3v) is 3.34. The lowest BCUT2D eigenvalue weighted by Gasteiger charge is -2.17. The van der Waals surface area contributed by atoms with Crippen LogP contribution < -0.4 is 10.6 Å². The van der Waals surface area contributed by atoms with Crippen molar-refractivity contribution in [1.82, 2.24) is 10.6 Å². The summed E-state index contributed by atoms with van der Waals surface area (Å²) >= 11 is 0. The number of aliphatic hydroxyl groups excluding tert-OH is 1. The van der Waals surface area contributed by atoms with Gasteiger partial charge in [0.2, 0.25) is 0 Å². The molecule has 0 aromatic heterocycles. The molecule has 2 unspecified atom stereocenters. The summed E-state index contributed by atoms with van der Waals surface area (Å²) < 4.78 is 13.1. The summed E-state index contributed by atoms with van der Waals surface area (Å²) in [5, 5.41) is 15.3. The molecule has 4 nitrogen and oxygen atoms in total. The molecule has 0 aliphatic carbocycles. The molecule has 0 radical (unpaired) electrons. The predicted octanol–water partition coefficient (Wildman–Crippen LogP) is 2.92. The summed E-state index contributed by atoms with van der Waals surface area (Å²) in [6, 6.07) is 14.7. The number of hydrogen-bond acceptors (Lipinski definition) is 2. The van der Waals surface area contributed by atoms with Gasteiger partial charge < -0.3 is 15.7 Å². The van der Waals surface area contributed by atoms with Crippen LogP contribution in [0.3, 0.4) is 0 Å². The number of rotatable bonds is 5. The second-order valence-corrected chi connectivity index (χ2v) is 5.06. The zero-order chi connectivity index (χ0) is 15.9. The van der Waals surface area contributed by atoms with Crippen LogP contribution in [-0.2, 0) is 0 Å². The van der Waals surface area contributed by atoms with Gasteiger partial charge in [0.05, 0.1) is 12.1 Å². The number of amides is 2. The Labute approximate surface area is 129 Å². The van der Waals surface area contributed by atoms with Gasteiger partial charge in [0.15, 0.2) is 0 Å². The van der Waals surface area contributed by atoms with E-state index in [-0.39, 0.29) is 18.6 Å². The highest BCUT2D eigenvalue weighted by Crippen LogP contribution is 2.13. The van der Waals surface area contributed by atoms with Gasteiger partial charge in [-0.05, 0) is 30.2 Å². The maximum atomic E-state index is 13.1. The van der Waals surface area contributed by atoms with Crippen molar-refractivity contribution in [3.05, 3.63) is 71.5 Å². The molecule has 0 fully saturated rings. The Kier molecular flexibility index (Phi) is 5.49. The van der Waals surface area contributed by atoms with Gasteiger partial charge in [-0.2, -0.15) is 0 Å². The Morgan fingerprint density at radius 3 is 2.50 bits per heavy atom. The van der Waals surface area contributed by atoms with E-state index < -0.39 is 11.9 Å². The van der Waals surface area contributed by atoms with E-state index in [0.29, 0.717) is 5.56 Å². The lowest BCUT2D eigenvalue weighted by Crippen LogP contribution is -2.39. The summed E-state index contributed by atoms with van der Waals surface area (Å²) in [4.78, 5) is 11.8. The lowest BCUT2D eigenvalue weighted by atomic mass is 10.1. The van der Waals surface area contributed by atoms with Crippen LogP contribution >= 0.6 is 0 Å². The zero-order valence-corrected chi connectivity index (χ0v) is 12.3. The Morgan fingerprint density at radius 1 is 1.14 bits per heavy atom. The Bertz CT molecular complexity index is 619. The average Bonchev–Trinajstić information content (AvgIpc) is 2.53. The van der Waals surface area contributed by atoms with Crippen molar-refractivity contribution < 1.29 is 14.3 Å². The van der Waals surface area contributed by atoms with Gasteiger partial charge in [0, 0.05) is 6.54 Å². The molecule has 0 aliphatic heterocycles. The minimum Gasteiger partial charge on any atom is -0.387 e. The van der Waals surface area contributed by atoms with Gasteiger partial charge in [0.1, 0.15) is 5.82 Å². The Hall–Kier alpha value is -2.40. The van der Waals surface area contributed by atoms with Gasteiger partial charge in [0.25, 0.3) is 0 Å². The second-order valence-electron chi connectivity index (χ2n) is 5.06. The van der Waals surface area contributed by atoms with Crippen molar-refractivity contribution >= 4 is 6.03 Å². The summed E-state index contributed by atoms with van der Waals surface area (Å²) in [6.45, 7) is 1.88. The maximum Gasteiger partial charge on any atom is 0.315 e. The molecule has 3 N–H and O–H groups in total. The molecule has 2 amide bonds. The zero-order valence-electron chi connectivity index (χ0n) is 12.3. The van der Waals surface area contributed by atoms with Crippen molar-refractivity contribution in [2.24, 2.45) is 0 Å². The monoisotopic (exact) mass is 302 g/mol. The molecule has 0 heterocycles. The Morgan fingerprint density at radius 2 is 1.82 bits per heavy atom. The molecule has 0 saturated carbocycles. The third-order valence-electron chi connectivity index (χ3n) is 3.34. The van der Waals surface area contributed by atoms with Gasteiger partial charge >= 0.3 is 6.03 Å². The lowest BCUT2D eigenvalue weighted by molar-refractivity contribution is 0.172. The van der Waals surface area contributed by atoms with E-state index in [1.54, 1.807) is 6.07 Å². The molecule has 116 valence electrons. The van der Waals surface area contributed by atoms with Crippen LogP contribution in [0.4, 0.5) is 9.18 Å². The highest BCUT2D eigenvalue weighted by Gasteiger charge is 2.12.